The summed E-state index contributed by atoms with van der Waals surface area (Å²) in [5.74, 6) is 0.680. The first-order valence-corrected chi connectivity index (χ1v) is 3.48. The van der Waals surface area contributed by atoms with E-state index < -0.39 is 0 Å². The first kappa shape index (κ1) is 8.92. The monoisotopic (exact) mass is 130 g/mol. The first-order valence-electron chi connectivity index (χ1n) is 3.48. The summed E-state index contributed by atoms with van der Waals surface area (Å²) in [4.78, 5) is 0. The molecule has 2 heteroatoms. The van der Waals surface area contributed by atoms with Gasteiger partial charge in [0.15, 0.2) is 0 Å². The Morgan fingerprint density at radius 3 is 2.22 bits per heavy atom. The minimum Gasteiger partial charge on any atom is -0.290 e. The lowest BCUT2D eigenvalue weighted by Crippen LogP contribution is -2.27. The van der Waals surface area contributed by atoms with Crippen LogP contribution in [0.3, 0.4) is 0 Å². The van der Waals surface area contributed by atoms with Crippen LogP contribution in [0, 0.1) is 5.92 Å². The molecule has 0 aromatic heterocycles. The quantitative estimate of drug-likeness (QED) is 0.573. The van der Waals surface area contributed by atoms with Crippen molar-refractivity contribution in [2.45, 2.75) is 33.2 Å². The fourth-order valence-corrected chi connectivity index (χ4v) is 0.933. The van der Waals surface area contributed by atoms with E-state index in [0.29, 0.717) is 12.0 Å². The highest BCUT2D eigenvalue weighted by Gasteiger charge is 2.01. The van der Waals surface area contributed by atoms with E-state index in [4.69, 9.17) is 0 Å². The predicted octanol–water partition coefficient (Wildman–Crippen LogP) is 1.40. The molecule has 1 N–H and O–H groups in total. The second kappa shape index (κ2) is 4.77. The van der Waals surface area contributed by atoms with Crippen molar-refractivity contribution in [3.8, 4) is 0 Å². The van der Waals surface area contributed by atoms with Gasteiger partial charge in [-0.3, -0.25) is 5.32 Å². The summed E-state index contributed by atoms with van der Waals surface area (Å²) in [7, 11) is 0. The molecular formula is C7H16NO. The van der Waals surface area contributed by atoms with Crippen LogP contribution < -0.4 is 5.32 Å². The Hall–Kier alpha value is -0.0800. The standard InChI is InChI=1S/C7H16NO/c1-6(2)4-7(3)8-5-9/h6-8H,4-5H2,1-3H3. The van der Waals surface area contributed by atoms with Gasteiger partial charge in [0, 0.05) is 6.04 Å². The zero-order valence-corrected chi connectivity index (χ0v) is 6.48. The number of hydrogen-bond acceptors (Lipinski definition) is 1. The molecule has 55 valence electrons. The van der Waals surface area contributed by atoms with Crippen molar-refractivity contribution in [3.63, 3.8) is 0 Å². The van der Waals surface area contributed by atoms with Gasteiger partial charge in [-0.15, -0.1) is 0 Å². The topological polar surface area (TPSA) is 31.9 Å². The fraction of sp³-hybridized carbons (Fsp3) is 1.00. The lowest BCUT2D eigenvalue weighted by Gasteiger charge is -2.12. The van der Waals surface area contributed by atoms with Crippen molar-refractivity contribution in [3.05, 3.63) is 0 Å². The molecule has 0 aliphatic carbocycles. The SMILES string of the molecule is CC(C)CC(C)NC[O]. The Bertz CT molecular complexity index is 63.9. The molecule has 0 rings (SSSR count). The Morgan fingerprint density at radius 2 is 1.89 bits per heavy atom. The molecule has 0 aromatic carbocycles. The third-order valence-electron chi connectivity index (χ3n) is 1.26. The van der Waals surface area contributed by atoms with E-state index in [1.165, 1.54) is 0 Å². The average Bonchev–Trinajstić information content (AvgIpc) is 1.63. The molecule has 0 aromatic rings. The third-order valence-corrected chi connectivity index (χ3v) is 1.26. The van der Waals surface area contributed by atoms with Crippen molar-refractivity contribution in [1.82, 2.24) is 5.32 Å². The summed E-state index contributed by atoms with van der Waals surface area (Å²) in [5, 5.41) is 12.8. The van der Waals surface area contributed by atoms with Crippen LogP contribution in [0.2, 0.25) is 0 Å². The van der Waals surface area contributed by atoms with E-state index in [1.807, 2.05) is 6.92 Å². The molecule has 2 nitrogen and oxygen atoms in total. The summed E-state index contributed by atoms with van der Waals surface area (Å²) in [6.07, 6.45) is 1.09. The van der Waals surface area contributed by atoms with Crippen molar-refractivity contribution < 1.29 is 5.11 Å². The lowest BCUT2D eigenvalue weighted by molar-refractivity contribution is 0.153. The van der Waals surface area contributed by atoms with Crippen molar-refractivity contribution in [2.24, 2.45) is 5.92 Å². The molecule has 1 unspecified atom stereocenters. The van der Waals surface area contributed by atoms with E-state index in [0.717, 1.165) is 6.42 Å². The number of hydrogen-bond donors (Lipinski definition) is 1. The smallest absolute Gasteiger partial charge is 0.133 e. The van der Waals surface area contributed by atoms with Crippen molar-refractivity contribution in [1.29, 1.82) is 0 Å². The van der Waals surface area contributed by atoms with Crippen LogP contribution in [0.15, 0.2) is 0 Å². The minimum absolute atomic E-state index is 0.159. The molecule has 0 fully saturated rings. The van der Waals surface area contributed by atoms with Gasteiger partial charge in [0.25, 0.3) is 0 Å². The van der Waals surface area contributed by atoms with Gasteiger partial charge in [-0.25, -0.2) is 5.11 Å². The van der Waals surface area contributed by atoms with Gasteiger partial charge in [-0.2, -0.15) is 0 Å². The normalized spacial score (nSPS) is 14.3. The van der Waals surface area contributed by atoms with Crippen LogP contribution in [0.1, 0.15) is 27.2 Å². The van der Waals surface area contributed by atoms with Crippen LogP contribution >= 0.6 is 0 Å². The van der Waals surface area contributed by atoms with Crippen LogP contribution in [0.4, 0.5) is 0 Å². The molecule has 0 aliphatic heterocycles. The molecule has 0 saturated carbocycles. The minimum atomic E-state index is -0.159. The Balaban J connectivity index is 3.15. The summed E-state index contributed by atoms with van der Waals surface area (Å²) in [6, 6.07) is 0.377. The predicted molar refractivity (Wildman–Crippen MR) is 37.6 cm³/mol. The van der Waals surface area contributed by atoms with Gasteiger partial charge >= 0.3 is 0 Å². The fourth-order valence-electron chi connectivity index (χ4n) is 0.933. The van der Waals surface area contributed by atoms with Crippen molar-refractivity contribution in [2.75, 3.05) is 6.73 Å². The van der Waals surface area contributed by atoms with E-state index in [-0.39, 0.29) is 6.73 Å². The lowest BCUT2D eigenvalue weighted by atomic mass is 10.1. The van der Waals surface area contributed by atoms with Crippen LogP contribution in [-0.2, 0) is 5.11 Å². The molecular weight excluding hydrogens is 114 g/mol. The summed E-state index contributed by atoms with van der Waals surface area (Å²) in [5.41, 5.74) is 0. The number of rotatable bonds is 4. The van der Waals surface area contributed by atoms with Gasteiger partial charge in [0.1, 0.15) is 6.73 Å². The summed E-state index contributed by atoms with van der Waals surface area (Å²) < 4.78 is 0. The highest BCUT2D eigenvalue weighted by atomic mass is 16.3. The van der Waals surface area contributed by atoms with E-state index >= 15 is 0 Å². The molecule has 0 amide bonds. The Kier molecular flexibility index (Phi) is 4.72. The Morgan fingerprint density at radius 1 is 1.33 bits per heavy atom. The molecule has 9 heavy (non-hydrogen) atoms. The first-order chi connectivity index (χ1) is 4.16. The van der Waals surface area contributed by atoms with E-state index in [1.54, 1.807) is 0 Å². The second-order valence-electron chi connectivity index (χ2n) is 2.88. The molecule has 1 radical (unpaired) electrons. The van der Waals surface area contributed by atoms with Gasteiger partial charge in [-0.05, 0) is 19.3 Å². The molecule has 1 atom stereocenters. The van der Waals surface area contributed by atoms with Crippen LogP contribution in [0.25, 0.3) is 0 Å². The van der Waals surface area contributed by atoms with E-state index in [2.05, 4.69) is 19.2 Å². The van der Waals surface area contributed by atoms with Gasteiger partial charge in [0.2, 0.25) is 0 Å². The summed E-state index contributed by atoms with van der Waals surface area (Å²) in [6.45, 7) is 6.19. The highest BCUT2D eigenvalue weighted by molar-refractivity contribution is 4.59. The largest absolute Gasteiger partial charge is 0.290 e. The zero-order chi connectivity index (χ0) is 7.28. The van der Waals surface area contributed by atoms with Gasteiger partial charge < -0.3 is 0 Å². The maximum Gasteiger partial charge on any atom is 0.133 e. The van der Waals surface area contributed by atoms with Crippen molar-refractivity contribution >= 4 is 0 Å². The summed E-state index contributed by atoms with van der Waals surface area (Å²) >= 11 is 0. The third kappa shape index (κ3) is 5.80. The average molecular weight is 130 g/mol. The Labute approximate surface area is 57.3 Å². The van der Waals surface area contributed by atoms with E-state index in [9.17, 15) is 5.11 Å². The van der Waals surface area contributed by atoms with Crippen LogP contribution in [-0.4, -0.2) is 12.8 Å². The number of nitrogens with one attached hydrogen (secondary N) is 1. The zero-order valence-electron chi connectivity index (χ0n) is 6.48. The van der Waals surface area contributed by atoms with Crippen LogP contribution in [0.5, 0.6) is 0 Å². The highest BCUT2D eigenvalue weighted by Crippen LogP contribution is 2.02. The van der Waals surface area contributed by atoms with Gasteiger partial charge in [0.05, 0.1) is 0 Å². The molecule has 0 spiro atoms. The van der Waals surface area contributed by atoms with Gasteiger partial charge in [-0.1, -0.05) is 13.8 Å². The maximum atomic E-state index is 10.0. The maximum absolute atomic E-state index is 10.0. The second-order valence-corrected chi connectivity index (χ2v) is 2.88. The molecule has 0 bridgehead atoms. The molecule has 0 aliphatic rings. The molecule has 0 heterocycles. The molecule has 0 saturated heterocycles.